The van der Waals surface area contributed by atoms with Crippen LogP contribution in [-0.2, 0) is 4.79 Å². The number of amides is 1. The van der Waals surface area contributed by atoms with Crippen molar-refractivity contribution in [2.75, 3.05) is 19.4 Å². The summed E-state index contributed by atoms with van der Waals surface area (Å²) < 4.78 is 0. The Morgan fingerprint density at radius 2 is 2.14 bits per heavy atom. The quantitative estimate of drug-likeness (QED) is 0.481. The smallest absolute Gasteiger partial charge is 0.246 e. The number of hydrogen-bond acceptors (Lipinski definition) is 5. The second-order valence-corrected chi connectivity index (χ2v) is 7.96. The Morgan fingerprint density at radius 3 is 2.90 bits per heavy atom. The van der Waals surface area contributed by atoms with E-state index in [1.54, 1.807) is 26.4 Å². The first-order valence-corrected chi connectivity index (χ1v) is 9.85. The molecule has 4 rings (SSSR count). The number of thiophene rings is 1. The minimum Gasteiger partial charge on any atom is -0.361 e. The van der Waals surface area contributed by atoms with Crippen molar-refractivity contribution < 1.29 is 4.79 Å². The number of carbonyl (C=O) groups is 1. The van der Waals surface area contributed by atoms with Crippen molar-refractivity contribution in [1.29, 1.82) is 5.26 Å². The van der Waals surface area contributed by atoms with E-state index in [4.69, 9.17) is 0 Å². The number of pyridine rings is 1. The Bertz CT molecular complexity index is 1310. The van der Waals surface area contributed by atoms with Crippen LogP contribution in [0.2, 0.25) is 0 Å². The van der Waals surface area contributed by atoms with Crippen molar-refractivity contribution in [1.82, 2.24) is 14.9 Å². The molecule has 3 heterocycles. The van der Waals surface area contributed by atoms with Crippen LogP contribution in [0.25, 0.3) is 27.2 Å². The van der Waals surface area contributed by atoms with Crippen molar-refractivity contribution in [2.45, 2.75) is 6.92 Å². The van der Waals surface area contributed by atoms with Gasteiger partial charge in [0.2, 0.25) is 5.91 Å². The van der Waals surface area contributed by atoms with E-state index >= 15 is 0 Å². The van der Waals surface area contributed by atoms with Crippen LogP contribution in [0.15, 0.2) is 42.7 Å². The molecule has 3 aromatic heterocycles. The van der Waals surface area contributed by atoms with Gasteiger partial charge in [-0.15, -0.1) is 11.3 Å². The number of carbonyl (C=O) groups excluding carboxylic acids is 1. The molecule has 0 saturated heterocycles. The van der Waals surface area contributed by atoms with E-state index in [0.29, 0.717) is 5.56 Å². The lowest BCUT2D eigenvalue weighted by atomic mass is 10.1. The van der Waals surface area contributed by atoms with Crippen molar-refractivity contribution in [2.24, 2.45) is 0 Å². The fraction of sp³-hybridized carbons (Fsp3) is 0.136. The summed E-state index contributed by atoms with van der Waals surface area (Å²) in [4.78, 5) is 22.7. The highest BCUT2D eigenvalue weighted by atomic mass is 32.1. The molecule has 0 radical (unpaired) electrons. The molecule has 4 aromatic rings. The Hall–Kier alpha value is -3.63. The van der Waals surface area contributed by atoms with Gasteiger partial charge in [-0.1, -0.05) is 0 Å². The molecular formula is C22H19N5OS. The molecular weight excluding hydrogens is 382 g/mol. The predicted octanol–water partition coefficient (Wildman–Crippen LogP) is 4.80. The number of H-pyrrole nitrogens is 1. The zero-order valence-electron chi connectivity index (χ0n) is 16.3. The van der Waals surface area contributed by atoms with Crippen molar-refractivity contribution in [3.05, 3.63) is 58.7 Å². The van der Waals surface area contributed by atoms with Gasteiger partial charge in [0.1, 0.15) is 10.9 Å². The number of benzene rings is 1. The summed E-state index contributed by atoms with van der Waals surface area (Å²) in [6.45, 7) is 2.05. The molecule has 144 valence electrons. The van der Waals surface area contributed by atoms with E-state index < -0.39 is 0 Å². The lowest BCUT2D eigenvalue weighted by Crippen LogP contribution is -2.18. The van der Waals surface area contributed by atoms with E-state index in [-0.39, 0.29) is 5.91 Å². The molecule has 1 aromatic carbocycles. The summed E-state index contributed by atoms with van der Waals surface area (Å²) in [6, 6.07) is 10.2. The minimum atomic E-state index is -0.0816. The van der Waals surface area contributed by atoms with Crippen LogP contribution in [-0.4, -0.2) is 34.9 Å². The SMILES string of the molecule is Cc1c(Nc2c(C#N)cnc3sc(/C=C/C(=O)N(C)C)cc23)ccc2[nH]ccc12. The van der Waals surface area contributed by atoms with Crippen LogP contribution in [0.5, 0.6) is 0 Å². The molecule has 0 unspecified atom stereocenters. The number of anilines is 2. The van der Waals surface area contributed by atoms with Gasteiger partial charge in [-0.2, -0.15) is 5.26 Å². The van der Waals surface area contributed by atoms with Gasteiger partial charge >= 0.3 is 0 Å². The van der Waals surface area contributed by atoms with E-state index in [2.05, 4.69) is 28.3 Å². The number of fused-ring (bicyclic) bond motifs is 2. The van der Waals surface area contributed by atoms with Crippen molar-refractivity contribution >= 4 is 55.8 Å². The third-order valence-corrected chi connectivity index (χ3v) is 5.80. The number of likely N-dealkylation sites (N-methyl/N-ethyl adjacent to an activating group) is 1. The number of hydrogen-bond donors (Lipinski definition) is 2. The van der Waals surface area contributed by atoms with E-state index in [1.807, 2.05) is 30.5 Å². The molecule has 0 saturated carbocycles. The lowest BCUT2D eigenvalue weighted by Gasteiger charge is -2.12. The standard InChI is InChI=1S/C22H19N5OS/c1-13-16-8-9-24-19(16)6-5-18(13)26-21-14(11-23)12-25-22-17(21)10-15(29-22)4-7-20(28)27(2)3/h4-10,12,24H,1-3H3,(H,25,26)/b7-4+. The highest BCUT2D eigenvalue weighted by Crippen LogP contribution is 2.36. The number of nitrogens with zero attached hydrogens (tertiary/aromatic N) is 3. The molecule has 0 bridgehead atoms. The summed E-state index contributed by atoms with van der Waals surface area (Å²) in [5.41, 5.74) is 4.31. The van der Waals surface area contributed by atoms with Crippen LogP contribution in [0.1, 0.15) is 16.0 Å². The monoisotopic (exact) mass is 401 g/mol. The predicted molar refractivity (Wildman–Crippen MR) is 118 cm³/mol. The second-order valence-electron chi connectivity index (χ2n) is 6.89. The summed E-state index contributed by atoms with van der Waals surface area (Å²) in [7, 11) is 3.42. The minimum absolute atomic E-state index is 0.0816. The van der Waals surface area contributed by atoms with Crippen molar-refractivity contribution in [3.63, 3.8) is 0 Å². The molecule has 0 atom stereocenters. The van der Waals surface area contributed by atoms with Gasteiger partial charge in [0.15, 0.2) is 0 Å². The number of rotatable bonds is 4. The highest BCUT2D eigenvalue weighted by molar-refractivity contribution is 7.19. The number of nitriles is 1. The Labute approximate surface area is 172 Å². The van der Waals surface area contributed by atoms with Gasteiger partial charge in [-0.3, -0.25) is 4.79 Å². The molecule has 2 N–H and O–H groups in total. The Morgan fingerprint density at radius 1 is 1.31 bits per heavy atom. The molecule has 0 aliphatic carbocycles. The maximum Gasteiger partial charge on any atom is 0.246 e. The highest BCUT2D eigenvalue weighted by Gasteiger charge is 2.14. The largest absolute Gasteiger partial charge is 0.361 e. The second kappa shape index (κ2) is 7.41. The molecule has 7 heteroatoms. The first-order valence-electron chi connectivity index (χ1n) is 9.03. The first-order chi connectivity index (χ1) is 14.0. The Balaban J connectivity index is 1.78. The van der Waals surface area contributed by atoms with E-state index in [1.165, 1.54) is 22.3 Å². The zero-order valence-corrected chi connectivity index (χ0v) is 17.1. The van der Waals surface area contributed by atoms with Gasteiger partial charge in [-0.05, 0) is 42.8 Å². The normalized spacial score (nSPS) is 11.2. The number of nitrogens with one attached hydrogen (secondary N) is 2. The molecule has 1 amide bonds. The van der Waals surface area contributed by atoms with Gasteiger partial charge in [-0.25, -0.2) is 4.98 Å². The molecule has 0 spiro atoms. The molecule has 0 fully saturated rings. The lowest BCUT2D eigenvalue weighted by molar-refractivity contribution is -0.123. The first kappa shape index (κ1) is 18.7. The van der Waals surface area contributed by atoms with Gasteiger partial charge in [0, 0.05) is 59.4 Å². The van der Waals surface area contributed by atoms with E-state index in [9.17, 15) is 10.1 Å². The number of aromatic nitrogens is 2. The van der Waals surface area contributed by atoms with Gasteiger partial charge < -0.3 is 15.2 Å². The topological polar surface area (TPSA) is 84.8 Å². The molecule has 29 heavy (non-hydrogen) atoms. The van der Waals surface area contributed by atoms with Crippen molar-refractivity contribution in [3.8, 4) is 6.07 Å². The average molecular weight is 401 g/mol. The molecule has 0 aliphatic heterocycles. The molecule has 0 aliphatic rings. The third-order valence-electron chi connectivity index (χ3n) is 4.80. The summed E-state index contributed by atoms with van der Waals surface area (Å²) in [6.07, 6.45) is 6.82. The molecule has 6 nitrogen and oxygen atoms in total. The number of aryl methyl sites for hydroxylation is 1. The fourth-order valence-corrected chi connectivity index (χ4v) is 4.08. The van der Waals surface area contributed by atoms with Crippen LogP contribution in [0, 0.1) is 18.3 Å². The summed E-state index contributed by atoms with van der Waals surface area (Å²) in [5.74, 6) is -0.0816. The zero-order chi connectivity index (χ0) is 20.5. The van der Waals surface area contributed by atoms with Crippen LogP contribution >= 0.6 is 11.3 Å². The maximum atomic E-state index is 11.8. The van der Waals surface area contributed by atoms with Crippen LogP contribution in [0.4, 0.5) is 11.4 Å². The average Bonchev–Trinajstić information content (AvgIpc) is 3.35. The van der Waals surface area contributed by atoms with Crippen LogP contribution < -0.4 is 5.32 Å². The van der Waals surface area contributed by atoms with E-state index in [0.717, 1.165) is 42.9 Å². The van der Waals surface area contributed by atoms with Crippen LogP contribution in [0.3, 0.4) is 0 Å². The van der Waals surface area contributed by atoms with Gasteiger partial charge in [0.25, 0.3) is 0 Å². The summed E-state index contributed by atoms with van der Waals surface area (Å²) >= 11 is 1.48. The van der Waals surface area contributed by atoms with Gasteiger partial charge in [0.05, 0.1) is 11.3 Å². The maximum absolute atomic E-state index is 11.8. The Kier molecular flexibility index (Phi) is 4.79. The summed E-state index contributed by atoms with van der Waals surface area (Å²) in [5, 5.41) is 15.1. The fourth-order valence-electron chi connectivity index (χ4n) is 3.17. The third kappa shape index (κ3) is 3.46. The number of aromatic amines is 1.